The number of benzene rings is 2. The van der Waals surface area contributed by atoms with Crippen LogP contribution in [0.1, 0.15) is 5.56 Å². The predicted octanol–water partition coefficient (Wildman–Crippen LogP) is 2.10. The highest BCUT2D eigenvalue weighted by atomic mass is 32.2. The van der Waals surface area contributed by atoms with Crippen LogP contribution in [0.3, 0.4) is 0 Å². The molecule has 0 saturated heterocycles. The van der Waals surface area contributed by atoms with Gasteiger partial charge in [-0.1, -0.05) is 48.2 Å². The second-order valence-electron chi connectivity index (χ2n) is 6.11. The van der Waals surface area contributed by atoms with Crippen molar-refractivity contribution < 1.29 is 4.79 Å². The first kappa shape index (κ1) is 17.3. The molecule has 8 heteroatoms. The number of anilines is 2. The van der Waals surface area contributed by atoms with Gasteiger partial charge >= 0.3 is 0 Å². The first-order chi connectivity index (χ1) is 13.1. The molecular formula is C19H17N5O2S. The van der Waals surface area contributed by atoms with Crippen LogP contribution in [0.15, 0.2) is 58.5 Å². The van der Waals surface area contributed by atoms with Gasteiger partial charge in [-0.3, -0.25) is 14.6 Å². The molecule has 0 atom stereocenters. The SMILES string of the molecule is Nc1ccccc1-c1nnc(SCC(=O)N2CCc3ccccc32)[nH]c1=O. The third-order valence-corrected chi connectivity index (χ3v) is 5.26. The Morgan fingerprint density at radius 1 is 1.15 bits per heavy atom. The maximum Gasteiger partial charge on any atom is 0.278 e. The Hall–Kier alpha value is -3.13. The Labute approximate surface area is 159 Å². The van der Waals surface area contributed by atoms with Crippen LogP contribution in [0.4, 0.5) is 11.4 Å². The first-order valence-electron chi connectivity index (χ1n) is 8.46. The molecule has 4 rings (SSSR count). The highest BCUT2D eigenvalue weighted by Gasteiger charge is 2.24. The van der Waals surface area contributed by atoms with E-state index in [9.17, 15) is 9.59 Å². The number of thioether (sulfide) groups is 1. The van der Waals surface area contributed by atoms with E-state index in [1.54, 1.807) is 29.2 Å². The number of aromatic amines is 1. The fourth-order valence-corrected chi connectivity index (χ4v) is 3.76. The van der Waals surface area contributed by atoms with Crippen molar-refractivity contribution in [1.82, 2.24) is 15.2 Å². The van der Waals surface area contributed by atoms with Crippen molar-refractivity contribution in [2.75, 3.05) is 22.9 Å². The molecule has 0 fully saturated rings. The lowest BCUT2D eigenvalue weighted by molar-refractivity contribution is -0.116. The molecule has 0 radical (unpaired) electrons. The fraction of sp³-hybridized carbons (Fsp3) is 0.158. The van der Waals surface area contributed by atoms with Gasteiger partial charge in [0.1, 0.15) is 0 Å². The van der Waals surface area contributed by atoms with Crippen LogP contribution in [0.2, 0.25) is 0 Å². The monoisotopic (exact) mass is 379 g/mol. The molecular weight excluding hydrogens is 362 g/mol. The number of nitrogens with two attached hydrogens (primary N) is 1. The highest BCUT2D eigenvalue weighted by Crippen LogP contribution is 2.28. The van der Waals surface area contributed by atoms with Gasteiger partial charge in [0.2, 0.25) is 5.91 Å². The van der Waals surface area contributed by atoms with E-state index in [1.165, 1.54) is 5.56 Å². The zero-order valence-electron chi connectivity index (χ0n) is 14.4. The maximum atomic E-state index is 12.5. The topological polar surface area (TPSA) is 105 Å². The Balaban J connectivity index is 1.47. The van der Waals surface area contributed by atoms with Crippen LogP contribution in [0.25, 0.3) is 11.3 Å². The van der Waals surface area contributed by atoms with Crippen LogP contribution in [-0.2, 0) is 11.2 Å². The van der Waals surface area contributed by atoms with E-state index in [2.05, 4.69) is 15.2 Å². The molecule has 1 aromatic heterocycles. The third-order valence-electron chi connectivity index (χ3n) is 4.41. The zero-order valence-corrected chi connectivity index (χ0v) is 15.2. The summed E-state index contributed by atoms with van der Waals surface area (Å²) < 4.78 is 0. The van der Waals surface area contributed by atoms with Crippen molar-refractivity contribution in [2.45, 2.75) is 11.6 Å². The maximum absolute atomic E-state index is 12.5. The number of hydrogen-bond donors (Lipinski definition) is 2. The molecule has 2 heterocycles. The molecule has 2 aromatic carbocycles. The van der Waals surface area contributed by atoms with E-state index in [0.29, 0.717) is 23.0 Å². The van der Waals surface area contributed by atoms with E-state index in [1.807, 2.05) is 24.3 Å². The van der Waals surface area contributed by atoms with Crippen molar-refractivity contribution >= 4 is 29.0 Å². The summed E-state index contributed by atoms with van der Waals surface area (Å²) in [5, 5.41) is 8.34. The average molecular weight is 379 g/mol. The molecule has 1 amide bonds. The van der Waals surface area contributed by atoms with Crippen molar-refractivity contribution in [1.29, 1.82) is 0 Å². The van der Waals surface area contributed by atoms with Gasteiger partial charge in [0.05, 0.1) is 5.75 Å². The summed E-state index contributed by atoms with van der Waals surface area (Å²) in [6, 6.07) is 14.9. The first-order valence-corrected chi connectivity index (χ1v) is 9.45. The van der Waals surface area contributed by atoms with Crippen molar-refractivity contribution in [3.05, 3.63) is 64.4 Å². The summed E-state index contributed by atoms with van der Waals surface area (Å²) >= 11 is 1.16. The molecule has 7 nitrogen and oxygen atoms in total. The standard InChI is InChI=1S/C19H17N5O2S/c20-14-7-3-2-6-13(14)17-18(26)21-19(23-22-17)27-11-16(25)24-10-9-12-5-1-4-8-15(12)24/h1-8H,9-11,20H2,(H,21,23,26). The molecule has 3 N–H and O–H groups in total. The van der Waals surface area contributed by atoms with Crippen molar-refractivity contribution in [3.63, 3.8) is 0 Å². The highest BCUT2D eigenvalue weighted by molar-refractivity contribution is 7.99. The quantitative estimate of drug-likeness (QED) is 0.531. The van der Waals surface area contributed by atoms with E-state index in [-0.39, 0.29) is 22.9 Å². The Morgan fingerprint density at radius 3 is 2.74 bits per heavy atom. The fourth-order valence-electron chi connectivity index (χ4n) is 3.08. The molecule has 1 aliphatic heterocycles. The van der Waals surface area contributed by atoms with Crippen LogP contribution in [-0.4, -0.2) is 33.4 Å². The minimum absolute atomic E-state index is 0.0241. The minimum Gasteiger partial charge on any atom is -0.398 e. The number of carbonyl (C=O) groups is 1. The van der Waals surface area contributed by atoms with Gasteiger partial charge in [0.25, 0.3) is 5.56 Å². The van der Waals surface area contributed by atoms with Gasteiger partial charge in [-0.2, -0.15) is 0 Å². The predicted molar refractivity (Wildman–Crippen MR) is 106 cm³/mol. The summed E-state index contributed by atoms with van der Waals surface area (Å²) in [6.07, 6.45) is 0.858. The number of nitrogens with zero attached hydrogens (tertiary/aromatic N) is 3. The molecule has 0 unspecified atom stereocenters. The Bertz CT molecular complexity index is 1070. The van der Waals surface area contributed by atoms with Gasteiger partial charge < -0.3 is 10.6 Å². The minimum atomic E-state index is -0.385. The number of nitrogen functional groups attached to an aromatic ring is 1. The van der Waals surface area contributed by atoms with Crippen LogP contribution in [0, 0.1) is 0 Å². The number of rotatable bonds is 4. The summed E-state index contributed by atoms with van der Waals surface area (Å²) in [6.45, 7) is 0.674. The number of hydrogen-bond acceptors (Lipinski definition) is 6. The molecule has 0 spiro atoms. The number of nitrogens with one attached hydrogen (secondary N) is 1. The Morgan fingerprint density at radius 2 is 1.93 bits per heavy atom. The lowest BCUT2D eigenvalue weighted by Crippen LogP contribution is -2.30. The van der Waals surface area contributed by atoms with Crippen molar-refractivity contribution in [2.24, 2.45) is 0 Å². The van der Waals surface area contributed by atoms with Gasteiger partial charge in [0, 0.05) is 23.5 Å². The smallest absolute Gasteiger partial charge is 0.278 e. The number of carbonyl (C=O) groups excluding carboxylic acids is 1. The summed E-state index contributed by atoms with van der Waals surface area (Å²) in [5.41, 5.74) is 8.79. The van der Waals surface area contributed by atoms with E-state index >= 15 is 0 Å². The largest absolute Gasteiger partial charge is 0.398 e. The lowest BCUT2D eigenvalue weighted by Gasteiger charge is -2.16. The number of amides is 1. The van der Waals surface area contributed by atoms with Gasteiger partial charge in [0.15, 0.2) is 10.9 Å². The lowest BCUT2D eigenvalue weighted by atomic mass is 10.1. The number of H-pyrrole nitrogens is 1. The van der Waals surface area contributed by atoms with E-state index < -0.39 is 0 Å². The van der Waals surface area contributed by atoms with E-state index in [4.69, 9.17) is 5.73 Å². The zero-order chi connectivity index (χ0) is 18.8. The molecule has 136 valence electrons. The van der Waals surface area contributed by atoms with Crippen LogP contribution < -0.4 is 16.2 Å². The Kier molecular flexibility index (Phi) is 4.64. The normalized spacial score (nSPS) is 12.8. The second kappa shape index (κ2) is 7.24. The van der Waals surface area contributed by atoms with Crippen LogP contribution in [0.5, 0.6) is 0 Å². The summed E-state index contributed by atoms with van der Waals surface area (Å²) in [7, 11) is 0. The molecule has 0 aliphatic carbocycles. The number of para-hydroxylation sites is 2. The number of fused-ring (bicyclic) bond motifs is 1. The van der Waals surface area contributed by atoms with Crippen molar-refractivity contribution in [3.8, 4) is 11.3 Å². The summed E-state index contributed by atoms with van der Waals surface area (Å²) in [4.78, 5) is 29.3. The molecule has 0 bridgehead atoms. The molecule has 27 heavy (non-hydrogen) atoms. The van der Waals surface area contributed by atoms with Gasteiger partial charge in [-0.15, -0.1) is 10.2 Å². The molecule has 3 aromatic rings. The average Bonchev–Trinajstić information content (AvgIpc) is 3.11. The second-order valence-corrected chi connectivity index (χ2v) is 7.07. The molecule has 1 aliphatic rings. The summed E-state index contributed by atoms with van der Waals surface area (Å²) in [5.74, 6) is 0.148. The molecule has 0 saturated carbocycles. The van der Waals surface area contributed by atoms with Crippen LogP contribution >= 0.6 is 11.8 Å². The van der Waals surface area contributed by atoms with E-state index in [0.717, 1.165) is 23.9 Å². The number of aromatic nitrogens is 3. The van der Waals surface area contributed by atoms with Gasteiger partial charge in [-0.05, 0) is 24.1 Å². The van der Waals surface area contributed by atoms with Gasteiger partial charge in [-0.25, -0.2) is 0 Å². The third kappa shape index (κ3) is 3.43.